The molecular weight excluding hydrogens is 210 g/mol. The third-order valence-electron chi connectivity index (χ3n) is 3.44. The van der Waals surface area contributed by atoms with E-state index in [-0.39, 0.29) is 16.7 Å². The van der Waals surface area contributed by atoms with E-state index in [4.69, 9.17) is 11.6 Å². The molecule has 1 atom stereocenters. The summed E-state index contributed by atoms with van der Waals surface area (Å²) in [6.07, 6.45) is 6.30. The predicted octanol–water partition coefficient (Wildman–Crippen LogP) is 3.09. The average molecular weight is 232 g/mol. The smallest absolute Gasteiger partial charge is 0.225 e. The number of alkyl halides is 1. The maximum Gasteiger partial charge on any atom is 0.225 e. The van der Waals surface area contributed by atoms with Crippen LogP contribution in [0.1, 0.15) is 52.4 Å². The fourth-order valence-electron chi connectivity index (χ4n) is 2.14. The number of halogens is 1. The largest absolute Gasteiger partial charge is 0.356 e. The lowest BCUT2D eigenvalue weighted by atomic mass is 9.88. The molecule has 0 aromatic rings. The van der Waals surface area contributed by atoms with Crippen molar-refractivity contribution in [3.8, 4) is 0 Å². The van der Waals surface area contributed by atoms with Crippen molar-refractivity contribution in [3.63, 3.8) is 0 Å². The third kappa shape index (κ3) is 3.67. The Balaban J connectivity index is 2.24. The van der Waals surface area contributed by atoms with E-state index in [1.54, 1.807) is 0 Å². The molecule has 0 aromatic heterocycles. The van der Waals surface area contributed by atoms with E-state index in [0.717, 1.165) is 32.2 Å². The summed E-state index contributed by atoms with van der Waals surface area (Å²) in [5.74, 6) is 0.222. The fourth-order valence-corrected chi connectivity index (χ4v) is 2.25. The van der Waals surface area contributed by atoms with Crippen LogP contribution in [0.5, 0.6) is 0 Å². The summed E-state index contributed by atoms with van der Waals surface area (Å²) in [5, 5.41) is 3.20. The van der Waals surface area contributed by atoms with E-state index < -0.39 is 0 Å². The van der Waals surface area contributed by atoms with Crippen molar-refractivity contribution in [2.45, 2.75) is 57.7 Å². The maximum atomic E-state index is 11.9. The molecule has 0 aromatic carbocycles. The Morgan fingerprint density at radius 2 is 2.07 bits per heavy atom. The average Bonchev–Trinajstić information content (AvgIpc) is 2.66. The minimum Gasteiger partial charge on any atom is -0.356 e. The Bertz CT molecular complexity index is 212. The minimum atomic E-state index is -0.103. The van der Waals surface area contributed by atoms with Gasteiger partial charge in [-0.25, -0.2) is 0 Å². The number of rotatable bonds is 5. The first-order chi connectivity index (χ1) is 7.08. The molecule has 1 aliphatic rings. The molecule has 0 radical (unpaired) electrons. The summed E-state index contributed by atoms with van der Waals surface area (Å²) >= 11 is 5.99. The van der Waals surface area contributed by atoms with Gasteiger partial charge in [0.2, 0.25) is 5.91 Å². The molecule has 0 spiro atoms. The highest BCUT2D eigenvalue weighted by Gasteiger charge is 2.35. The zero-order valence-corrected chi connectivity index (χ0v) is 10.6. The SMILES string of the molecule is CCC(Cl)CCNC(=O)C1(C)CCCC1. The van der Waals surface area contributed by atoms with Crippen molar-refractivity contribution in [1.82, 2.24) is 5.32 Å². The summed E-state index contributed by atoms with van der Waals surface area (Å²) < 4.78 is 0. The Hall–Kier alpha value is -0.240. The van der Waals surface area contributed by atoms with Gasteiger partial charge in [-0.2, -0.15) is 0 Å². The van der Waals surface area contributed by atoms with Crippen molar-refractivity contribution < 1.29 is 4.79 Å². The zero-order chi connectivity index (χ0) is 11.3. The molecule has 0 heterocycles. The molecule has 0 bridgehead atoms. The number of nitrogens with one attached hydrogen (secondary N) is 1. The van der Waals surface area contributed by atoms with Crippen LogP contribution in [0.4, 0.5) is 0 Å². The second-order valence-corrected chi connectivity index (χ2v) is 5.44. The van der Waals surface area contributed by atoms with Crippen LogP contribution in [0.15, 0.2) is 0 Å². The van der Waals surface area contributed by atoms with Gasteiger partial charge in [-0.15, -0.1) is 11.6 Å². The van der Waals surface area contributed by atoms with Gasteiger partial charge in [0.1, 0.15) is 0 Å². The summed E-state index contributed by atoms with van der Waals surface area (Å²) in [6, 6.07) is 0. The van der Waals surface area contributed by atoms with Gasteiger partial charge in [0.25, 0.3) is 0 Å². The summed E-state index contributed by atoms with van der Waals surface area (Å²) in [5.41, 5.74) is -0.103. The van der Waals surface area contributed by atoms with Crippen molar-refractivity contribution in [1.29, 1.82) is 0 Å². The highest BCUT2D eigenvalue weighted by Crippen LogP contribution is 2.37. The second-order valence-electron chi connectivity index (χ2n) is 4.82. The first-order valence-corrected chi connectivity index (χ1v) is 6.44. The van der Waals surface area contributed by atoms with Gasteiger partial charge in [0.15, 0.2) is 0 Å². The molecule has 1 fully saturated rings. The molecule has 2 nitrogen and oxygen atoms in total. The van der Waals surface area contributed by atoms with Gasteiger partial charge in [0, 0.05) is 17.3 Å². The first kappa shape index (κ1) is 12.8. The van der Waals surface area contributed by atoms with Gasteiger partial charge in [0.05, 0.1) is 0 Å². The van der Waals surface area contributed by atoms with E-state index in [0.29, 0.717) is 0 Å². The molecule has 15 heavy (non-hydrogen) atoms. The van der Waals surface area contributed by atoms with E-state index in [1.807, 2.05) is 0 Å². The number of hydrogen-bond acceptors (Lipinski definition) is 1. The van der Waals surface area contributed by atoms with E-state index in [9.17, 15) is 4.79 Å². The van der Waals surface area contributed by atoms with Crippen molar-refractivity contribution >= 4 is 17.5 Å². The normalized spacial score (nSPS) is 21.3. The summed E-state index contributed by atoms with van der Waals surface area (Å²) in [4.78, 5) is 11.9. The Kier molecular flexibility index (Phi) is 4.91. The fraction of sp³-hybridized carbons (Fsp3) is 0.917. The lowest BCUT2D eigenvalue weighted by Crippen LogP contribution is -2.38. The molecule has 3 heteroatoms. The van der Waals surface area contributed by atoms with Crippen LogP contribution in [-0.2, 0) is 4.79 Å². The third-order valence-corrected chi connectivity index (χ3v) is 3.97. The van der Waals surface area contributed by atoms with E-state index in [2.05, 4.69) is 19.2 Å². The van der Waals surface area contributed by atoms with Crippen molar-refractivity contribution in [2.75, 3.05) is 6.54 Å². The molecule has 1 unspecified atom stereocenters. The molecule has 1 N–H and O–H groups in total. The zero-order valence-electron chi connectivity index (χ0n) is 9.81. The lowest BCUT2D eigenvalue weighted by molar-refractivity contribution is -0.129. The van der Waals surface area contributed by atoms with Crippen LogP contribution in [0.3, 0.4) is 0 Å². The summed E-state index contributed by atoms with van der Waals surface area (Å²) in [7, 11) is 0. The highest BCUT2D eigenvalue weighted by atomic mass is 35.5. The molecule has 1 amide bonds. The molecule has 0 aliphatic heterocycles. The first-order valence-electron chi connectivity index (χ1n) is 6.01. The van der Waals surface area contributed by atoms with Gasteiger partial charge >= 0.3 is 0 Å². The van der Waals surface area contributed by atoms with Gasteiger partial charge in [-0.3, -0.25) is 4.79 Å². The predicted molar refractivity (Wildman–Crippen MR) is 64.1 cm³/mol. The van der Waals surface area contributed by atoms with Crippen LogP contribution in [0, 0.1) is 5.41 Å². The van der Waals surface area contributed by atoms with Crippen LogP contribution < -0.4 is 5.32 Å². The monoisotopic (exact) mass is 231 g/mol. The number of carbonyl (C=O) groups excluding carboxylic acids is 1. The van der Waals surface area contributed by atoms with Crippen LogP contribution in [0.25, 0.3) is 0 Å². The second kappa shape index (κ2) is 5.74. The highest BCUT2D eigenvalue weighted by molar-refractivity contribution is 6.20. The molecule has 1 saturated carbocycles. The standard InChI is InChI=1S/C12H22ClNO/c1-3-10(13)6-9-14-11(15)12(2)7-4-5-8-12/h10H,3-9H2,1-2H3,(H,14,15). The molecular formula is C12H22ClNO. The lowest BCUT2D eigenvalue weighted by Gasteiger charge is -2.22. The molecule has 88 valence electrons. The maximum absolute atomic E-state index is 11.9. The molecule has 1 rings (SSSR count). The Morgan fingerprint density at radius 3 is 2.60 bits per heavy atom. The van der Waals surface area contributed by atoms with Crippen LogP contribution in [-0.4, -0.2) is 17.8 Å². The van der Waals surface area contributed by atoms with E-state index in [1.165, 1.54) is 12.8 Å². The van der Waals surface area contributed by atoms with Gasteiger partial charge in [-0.05, 0) is 25.7 Å². The number of carbonyl (C=O) groups is 1. The Morgan fingerprint density at radius 1 is 1.47 bits per heavy atom. The molecule has 0 saturated heterocycles. The Labute approximate surface area is 97.8 Å². The number of amides is 1. The topological polar surface area (TPSA) is 29.1 Å². The summed E-state index contributed by atoms with van der Waals surface area (Å²) in [6.45, 7) is 4.86. The van der Waals surface area contributed by atoms with Crippen LogP contribution in [0.2, 0.25) is 0 Å². The quantitative estimate of drug-likeness (QED) is 0.724. The van der Waals surface area contributed by atoms with Gasteiger partial charge in [-0.1, -0.05) is 26.7 Å². The number of hydrogen-bond donors (Lipinski definition) is 1. The molecule has 1 aliphatic carbocycles. The van der Waals surface area contributed by atoms with Crippen molar-refractivity contribution in [3.05, 3.63) is 0 Å². The van der Waals surface area contributed by atoms with Crippen LogP contribution >= 0.6 is 11.6 Å². The van der Waals surface area contributed by atoms with Gasteiger partial charge < -0.3 is 5.32 Å². The minimum absolute atomic E-state index is 0.103. The van der Waals surface area contributed by atoms with E-state index >= 15 is 0 Å². The van der Waals surface area contributed by atoms with Crippen molar-refractivity contribution in [2.24, 2.45) is 5.41 Å².